The number of hydrogen-bond donors (Lipinski definition) is 2. The van der Waals surface area contributed by atoms with E-state index in [1.807, 2.05) is 6.66 Å². The molecule has 2 aliphatic heterocycles. The van der Waals surface area contributed by atoms with Gasteiger partial charge in [0.1, 0.15) is 0 Å². The molecule has 0 aromatic rings. The number of carboxylic acid groups (broad SMARTS) is 1. The Labute approximate surface area is 103 Å². The van der Waals surface area contributed by atoms with E-state index in [-0.39, 0.29) is 0 Å². The van der Waals surface area contributed by atoms with Gasteiger partial charge < -0.3 is 0 Å². The molecule has 2 N–H and O–H groups in total. The summed E-state index contributed by atoms with van der Waals surface area (Å²) in [5.74, 6) is 0. The summed E-state index contributed by atoms with van der Waals surface area (Å²) in [6, 6.07) is 0.524. The molecular weight excluding hydrogens is 239 g/mol. The van der Waals surface area contributed by atoms with E-state index in [0.29, 0.717) is 19.1 Å². The molecule has 1 amide bonds. The van der Waals surface area contributed by atoms with Gasteiger partial charge in [-0.2, -0.15) is 0 Å². The van der Waals surface area contributed by atoms with E-state index < -0.39 is 13.6 Å². The van der Waals surface area contributed by atoms with Gasteiger partial charge >= 0.3 is 102 Å². The summed E-state index contributed by atoms with van der Waals surface area (Å²) in [5, 5.41) is 8.89. The molecule has 17 heavy (non-hydrogen) atoms. The van der Waals surface area contributed by atoms with Crippen LogP contribution >= 0.6 is 7.49 Å². The second kappa shape index (κ2) is 5.09. The Morgan fingerprint density at radius 3 is 2.18 bits per heavy atom. The number of rotatable bonds is 1. The van der Waals surface area contributed by atoms with Crippen molar-refractivity contribution in [2.24, 2.45) is 0 Å². The van der Waals surface area contributed by atoms with E-state index in [0.717, 1.165) is 38.3 Å². The van der Waals surface area contributed by atoms with Crippen molar-refractivity contribution in [3.05, 3.63) is 0 Å². The predicted octanol–water partition coefficient (Wildman–Crippen LogP) is 0.731. The third kappa shape index (κ3) is 3.30. The summed E-state index contributed by atoms with van der Waals surface area (Å²) >= 11 is 0. The van der Waals surface area contributed by atoms with Gasteiger partial charge in [-0.15, -0.1) is 0 Å². The van der Waals surface area contributed by atoms with Crippen molar-refractivity contribution in [3.63, 3.8) is 0 Å². The van der Waals surface area contributed by atoms with Crippen molar-refractivity contribution in [1.29, 1.82) is 0 Å². The monoisotopic (exact) mass is 262 g/mol. The molecule has 0 saturated carbocycles. The molecule has 2 aliphatic rings. The Balaban J connectivity index is 1.80. The van der Waals surface area contributed by atoms with Gasteiger partial charge in [0.15, 0.2) is 0 Å². The third-order valence-electron chi connectivity index (χ3n) is 4.13. The molecule has 2 fully saturated rings. The van der Waals surface area contributed by atoms with Crippen molar-refractivity contribution in [2.75, 3.05) is 45.2 Å². The second-order valence-electron chi connectivity index (χ2n) is 5.53. The first-order valence-electron chi connectivity index (χ1n) is 6.42. The zero-order valence-electron chi connectivity index (χ0n) is 10.4. The van der Waals surface area contributed by atoms with Gasteiger partial charge in [0.2, 0.25) is 0 Å². The minimum atomic E-state index is -1.87. The maximum atomic E-state index is 10.8. The van der Waals surface area contributed by atoms with Crippen LogP contribution in [0.15, 0.2) is 0 Å². The van der Waals surface area contributed by atoms with E-state index in [1.165, 1.54) is 4.90 Å². The van der Waals surface area contributed by atoms with Gasteiger partial charge in [-0.3, -0.25) is 0 Å². The minimum absolute atomic E-state index is 0.524. The van der Waals surface area contributed by atoms with Gasteiger partial charge in [0.25, 0.3) is 0 Å². The van der Waals surface area contributed by atoms with Crippen molar-refractivity contribution in [1.82, 2.24) is 9.80 Å². The van der Waals surface area contributed by atoms with Crippen LogP contribution in [0.3, 0.4) is 0 Å². The van der Waals surface area contributed by atoms with Gasteiger partial charge in [-0.25, -0.2) is 0 Å². The summed E-state index contributed by atoms with van der Waals surface area (Å²) < 4.78 is 0. The summed E-state index contributed by atoms with van der Waals surface area (Å²) in [5.41, 5.74) is 0. The van der Waals surface area contributed by atoms with Crippen LogP contribution in [-0.2, 0) is 0 Å². The summed E-state index contributed by atoms with van der Waals surface area (Å²) in [7, 11) is -1.87. The van der Waals surface area contributed by atoms with Crippen LogP contribution in [-0.4, -0.2) is 77.1 Å². The van der Waals surface area contributed by atoms with E-state index in [9.17, 15) is 9.69 Å². The van der Waals surface area contributed by atoms with Gasteiger partial charge in [-0.1, -0.05) is 0 Å². The summed E-state index contributed by atoms with van der Waals surface area (Å²) in [6.07, 6.45) is 3.02. The first kappa shape index (κ1) is 13.1. The third-order valence-corrected chi connectivity index (χ3v) is 6.73. The number of amides is 1. The first-order valence-corrected chi connectivity index (χ1v) is 9.28. The zero-order valence-corrected chi connectivity index (χ0v) is 11.4. The van der Waals surface area contributed by atoms with Crippen molar-refractivity contribution in [2.45, 2.75) is 18.9 Å². The quantitative estimate of drug-likeness (QED) is 0.684. The van der Waals surface area contributed by atoms with E-state index >= 15 is 0 Å². The molecule has 6 heteroatoms. The fourth-order valence-corrected chi connectivity index (χ4v) is 4.58. The molecule has 100 valence electrons. The van der Waals surface area contributed by atoms with Crippen LogP contribution in [0.1, 0.15) is 12.8 Å². The fourth-order valence-electron chi connectivity index (χ4n) is 2.79. The Morgan fingerprint density at radius 2 is 1.71 bits per heavy atom. The Hall–Kier alpha value is -0.380. The molecule has 0 aliphatic carbocycles. The molecule has 0 radical (unpaired) electrons. The van der Waals surface area contributed by atoms with Crippen molar-refractivity contribution >= 4 is 13.6 Å². The predicted molar refractivity (Wildman–Crippen MR) is 70.4 cm³/mol. The number of likely N-dealkylation sites (tertiary alicyclic amines) is 1. The maximum absolute atomic E-state index is 10.8. The van der Waals surface area contributed by atoms with Crippen LogP contribution < -0.4 is 0 Å². The number of nitrogens with zero attached hydrogens (tertiary/aromatic N) is 2. The summed E-state index contributed by atoms with van der Waals surface area (Å²) in [4.78, 5) is 24.8. The van der Waals surface area contributed by atoms with E-state index in [2.05, 4.69) is 4.90 Å². The number of carbonyl (C=O) groups is 1. The summed E-state index contributed by atoms with van der Waals surface area (Å²) in [6.45, 7) is 5.35. The van der Waals surface area contributed by atoms with E-state index in [4.69, 9.17) is 5.11 Å². The molecule has 2 rings (SSSR count). The first-order chi connectivity index (χ1) is 7.98. The van der Waals surface area contributed by atoms with Crippen LogP contribution in [0.4, 0.5) is 4.79 Å². The van der Waals surface area contributed by atoms with Crippen molar-refractivity contribution in [3.8, 4) is 0 Å². The Morgan fingerprint density at radius 1 is 1.18 bits per heavy atom. The van der Waals surface area contributed by atoms with Gasteiger partial charge in [-0.05, 0) is 0 Å². The molecular formula is C11H23N2O3P. The molecule has 5 nitrogen and oxygen atoms in total. The van der Waals surface area contributed by atoms with Gasteiger partial charge in [0.05, 0.1) is 0 Å². The zero-order chi connectivity index (χ0) is 12.5. The standard InChI is InChI=1S/C11H23N2O3P/c1-17(16)8-6-12(7-9-17)10-2-4-13(5-3-10)11(14)15/h10,16-17H,2-9H2,1H3,(H,14,15). The molecule has 2 heterocycles. The average molecular weight is 262 g/mol. The second-order valence-corrected chi connectivity index (χ2v) is 9.53. The molecule has 0 unspecified atom stereocenters. The van der Waals surface area contributed by atoms with Crippen LogP contribution in [0.5, 0.6) is 0 Å². The van der Waals surface area contributed by atoms with Crippen molar-refractivity contribution < 1.29 is 14.8 Å². The molecule has 2 saturated heterocycles. The van der Waals surface area contributed by atoms with Crippen LogP contribution in [0.2, 0.25) is 0 Å². The van der Waals surface area contributed by atoms with Crippen LogP contribution in [0, 0.1) is 0 Å². The average Bonchev–Trinajstić information content (AvgIpc) is 2.29. The van der Waals surface area contributed by atoms with Gasteiger partial charge in [0, 0.05) is 0 Å². The molecule has 0 aromatic carbocycles. The fraction of sp³-hybridized carbons (Fsp3) is 0.909. The van der Waals surface area contributed by atoms with Crippen LogP contribution in [0.25, 0.3) is 0 Å². The molecule has 0 atom stereocenters. The molecule has 0 aromatic heterocycles. The Kier molecular flexibility index (Phi) is 3.91. The normalized spacial score (nSPS) is 28.9. The molecule has 0 bridgehead atoms. The SMILES string of the molecule is C[PH]1(O)CCN(C2CCN(C(=O)O)CC2)CC1. The Bertz CT molecular complexity index is 280. The van der Waals surface area contributed by atoms with E-state index in [1.54, 1.807) is 0 Å². The topological polar surface area (TPSA) is 64.0 Å². The molecule has 0 spiro atoms. The number of hydrogen-bond acceptors (Lipinski definition) is 3. The number of piperidine rings is 1.